The van der Waals surface area contributed by atoms with Crippen molar-refractivity contribution in [2.75, 3.05) is 16.8 Å². The van der Waals surface area contributed by atoms with Gasteiger partial charge in [0, 0.05) is 24.8 Å². The van der Waals surface area contributed by atoms with Crippen LogP contribution in [0, 0.1) is 0 Å². The number of nitrogens with zero attached hydrogens (tertiary/aromatic N) is 1. The van der Waals surface area contributed by atoms with E-state index in [1.54, 1.807) is 11.8 Å². The second kappa shape index (κ2) is 6.32. The molecule has 1 aliphatic heterocycles. The molecule has 124 valence electrons. The molecule has 1 aromatic carbocycles. The normalized spacial score (nSPS) is 19.3. The largest absolute Gasteiger partial charge is 0.389 e. The number of aliphatic hydroxyl groups is 1. The number of hydrogen-bond acceptors (Lipinski definition) is 3. The molecule has 0 unspecified atom stereocenters. The third kappa shape index (κ3) is 3.55. The molecule has 1 saturated carbocycles. The lowest BCUT2D eigenvalue weighted by Gasteiger charge is -2.31. The molecule has 0 atom stereocenters. The number of anilines is 2. The standard InChI is InChI=1S/C18H24N2O3/c1-13(21)20-10-7-14-11-15(5-6-16(14)20)19-17(22)12-18(23)8-3-2-4-9-18/h5-6,11,23H,2-4,7-10,12H2,1H3,(H,19,22). The Morgan fingerprint density at radius 2 is 2.00 bits per heavy atom. The molecular formula is C18H24N2O3. The van der Waals surface area contributed by atoms with Gasteiger partial charge in [-0.1, -0.05) is 19.3 Å². The van der Waals surface area contributed by atoms with Gasteiger partial charge in [0.05, 0.1) is 12.0 Å². The van der Waals surface area contributed by atoms with E-state index in [0.29, 0.717) is 19.4 Å². The van der Waals surface area contributed by atoms with E-state index in [1.807, 2.05) is 18.2 Å². The van der Waals surface area contributed by atoms with E-state index in [1.165, 1.54) is 0 Å². The summed E-state index contributed by atoms with van der Waals surface area (Å²) in [6.07, 6.45) is 5.50. The monoisotopic (exact) mass is 316 g/mol. The van der Waals surface area contributed by atoms with Gasteiger partial charge in [-0.15, -0.1) is 0 Å². The summed E-state index contributed by atoms with van der Waals surface area (Å²) in [6, 6.07) is 5.64. The van der Waals surface area contributed by atoms with Crippen LogP contribution in [0.3, 0.4) is 0 Å². The first-order valence-electron chi connectivity index (χ1n) is 8.40. The van der Waals surface area contributed by atoms with Gasteiger partial charge in [-0.2, -0.15) is 0 Å². The van der Waals surface area contributed by atoms with Crippen molar-refractivity contribution in [2.24, 2.45) is 0 Å². The molecule has 5 nitrogen and oxygen atoms in total. The summed E-state index contributed by atoms with van der Waals surface area (Å²) in [6.45, 7) is 2.26. The predicted molar refractivity (Wildman–Crippen MR) is 89.5 cm³/mol. The molecule has 3 rings (SSSR count). The van der Waals surface area contributed by atoms with E-state index >= 15 is 0 Å². The van der Waals surface area contributed by atoms with Gasteiger partial charge in [0.15, 0.2) is 0 Å². The van der Waals surface area contributed by atoms with Crippen molar-refractivity contribution in [2.45, 2.75) is 57.5 Å². The maximum absolute atomic E-state index is 12.2. The van der Waals surface area contributed by atoms with Gasteiger partial charge in [-0.25, -0.2) is 0 Å². The van der Waals surface area contributed by atoms with Gasteiger partial charge in [0.2, 0.25) is 11.8 Å². The maximum atomic E-state index is 12.2. The van der Waals surface area contributed by atoms with Crippen molar-refractivity contribution >= 4 is 23.2 Å². The van der Waals surface area contributed by atoms with Crippen molar-refractivity contribution in [3.8, 4) is 0 Å². The Bertz CT molecular complexity index is 621. The third-order valence-corrected chi connectivity index (χ3v) is 4.91. The third-order valence-electron chi connectivity index (χ3n) is 4.91. The molecule has 2 N–H and O–H groups in total. The molecule has 0 saturated heterocycles. The minimum atomic E-state index is -0.843. The van der Waals surface area contributed by atoms with Crippen LogP contribution < -0.4 is 10.2 Å². The highest BCUT2D eigenvalue weighted by Crippen LogP contribution is 2.32. The predicted octanol–water partition coefficient (Wildman–Crippen LogP) is 2.62. The molecule has 1 heterocycles. The van der Waals surface area contributed by atoms with Crippen molar-refractivity contribution in [1.29, 1.82) is 0 Å². The van der Waals surface area contributed by atoms with Gasteiger partial charge in [0.25, 0.3) is 0 Å². The highest BCUT2D eigenvalue weighted by molar-refractivity contribution is 5.95. The van der Waals surface area contributed by atoms with E-state index in [0.717, 1.165) is 42.6 Å². The summed E-state index contributed by atoms with van der Waals surface area (Å²) in [5.74, 6) is -0.101. The average Bonchev–Trinajstić information content (AvgIpc) is 2.90. The minimum Gasteiger partial charge on any atom is -0.389 e. The molecule has 5 heteroatoms. The molecule has 0 radical (unpaired) electrons. The Morgan fingerprint density at radius 3 is 2.70 bits per heavy atom. The van der Waals surface area contributed by atoms with Crippen LogP contribution in [0.1, 0.15) is 51.0 Å². The zero-order valence-corrected chi connectivity index (χ0v) is 13.6. The zero-order valence-electron chi connectivity index (χ0n) is 13.6. The van der Waals surface area contributed by atoms with Crippen LogP contribution in [0.15, 0.2) is 18.2 Å². The van der Waals surface area contributed by atoms with Crippen LogP contribution in [0.25, 0.3) is 0 Å². The number of benzene rings is 1. The van der Waals surface area contributed by atoms with Crippen LogP contribution in [0.5, 0.6) is 0 Å². The maximum Gasteiger partial charge on any atom is 0.227 e. The van der Waals surface area contributed by atoms with Crippen molar-refractivity contribution < 1.29 is 14.7 Å². The van der Waals surface area contributed by atoms with Gasteiger partial charge < -0.3 is 15.3 Å². The number of hydrogen-bond donors (Lipinski definition) is 2. The van der Waals surface area contributed by atoms with Crippen molar-refractivity contribution in [3.05, 3.63) is 23.8 Å². The van der Waals surface area contributed by atoms with Crippen LogP contribution in [-0.2, 0) is 16.0 Å². The molecular weight excluding hydrogens is 292 g/mol. The molecule has 2 aliphatic rings. The number of fused-ring (bicyclic) bond motifs is 1. The highest BCUT2D eigenvalue weighted by Gasteiger charge is 2.31. The van der Waals surface area contributed by atoms with Gasteiger partial charge in [-0.05, 0) is 43.0 Å². The van der Waals surface area contributed by atoms with E-state index in [2.05, 4.69) is 5.32 Å². The number of carbonyl (C=O) groups excluding carboxylic acids is 2. The molecule has 2 amide bonds. The molecule has 1 aliphatic carbocycles. The van der Waals surface area contributed by atoms with Gasteiger partial charge in [-0.3, -0.25) is 9.59 Å². The summed E-state index contributed by atoms with van der Waals surface area (Å²) in [4.78, 5) is 25.5. The Balaban J connectivity index is 1.64. The summed E-state index contributed by atoms with van der Waals surface area (Å²) >= 11 is 0. The molecule has 1 aromatic rings. The van der Waals surface area contributed by atoms with E-state index < -0.39 is 5.60 Å². The lowest BCUT2D eigenvalue weighted by Crippen LogP contribution is -2.35. The Morgan fingerprint density at radius 1 is 1.26 bits per heavy atom. The van der Waals surface area contributed by atoms with E-state index in [4.69, 9.17) is 0 Å². The number of amides is 2. The minimum absolute atomic E-state index is 0.0417. The summed E-state index contributed by atoms with van der Waals surface area (Å²) in [5, 5.41) is 13.4. The lowest BCUT2D eigenvalue weighted by atomic mass is 9.82. The Hall–Kier alpha value is -1.88. The number of nitrogens with one attached hydrogen (secondary N) is 1. The molecule has 23 heavy (non-hydrogen) atoms. The fourth-order valence-electron chi connectivity index (χ4n) is 3.70. The number of rotatable bonds is 3. The fraction of sp³-hybridized carbons (Fsp3) is 0.556. The van der Waals surface area contributed by atoms with Crippen LogP contribution in [-0.4, -0.2) is 29.1 Å². The Kier molecular flexibility index (Phi) is 4.39. The van der Waals surface area contributed by atoms with Gasteiger partial charge in [0.1, 0.15) is 0 Å². The van der Waals surface area contributed by atoms with Crippen LogP contribution >= 0.6 is 0 Å². The summed E-state index contributed by atoms with van der Waals surface area (Å²) in [7, 11) is 0. The summed E-state index contributed by atoms with van der Waals surface area (Å²) in [5.41, 5.74) is 1.90. The molecule has 1 fully saturated rings. The molecule has 0 bridgehead atoms. The zero-order chi connectivity index (χ0) is 16.4. The topological polar surface area (TPSA) is 69.6 Å². The molecule has 0 aromatic heterocycles. The highest BCUT2D eigenvalue weighted by atomic mass is 16.3. The first-order chi connectivity index (χ1) is 11.0. The van der Waals surface area contributed by atoms with E-state index in [-0.39, 0.29) is 18.2 Å². The second-order valence-corrected chi connectivity index (χ2v) is 6.77. The first-order valence-corrected chi connectivity index (χ1v) is 8.40. The molecule has 0 spiro atoms. The van der Waals surface area contributed by atoms with E-state index in [9.17, 15) is 14.7 Å². The SMILES string of the molecule is CC(=O)N1CCc2cc(NC(=O)CC3(O)CCCCC3)ccc21. The van der Waals surface area contributed by atoms with Crippen LogP contribution in [0.4, 0.5) is 11.4 Å². The van der Waals surface area contributed by atoms with Crippen LogP contribution in [0.2, 0.25) is 0 Å². The first kappa shape index (κ1) is 16.0. The van der Waals surface area contributed by atoms with Crippen molar-refractivity contribution in [3.63, 3.8) is 0 Å². The smallest absolute Gasteiger partial charge is 0.227 e. The fourth-order valence-corrected chi connectivity index (χ4v) is 3.70. The van der Waals surface area contributed by atoms with Crippen molar-refractivity contribution in [1.82, 2.24) is 0 Å². The summed E-state index contributed by atoms with van der Waals surface area (Å²) < 4.78 is 0. The lowest BCUT2D eigenvalue weighted by molar-refractivity contribution is -0.122. The number of carbonyl (C=O) groups is 2. The average molecular weight is 316 g/mol. The quantitative estimate of drug-likeness (QED) is 0.900. The van der Waals surface area contributed by atoms with Gasteiger partial charge >= 0.3 is 0 Å². The Labute approximate surface area is 136 Å². The second-order valence-electron chi connectivity index (χ2n) is 6.77.